The van der Waals surface area contributed by atoms with E-state index in [1.54, 1.807) is 11.3 Å². The molecule has 0 amide bonds. The van der Waals surface area contributed by atoms with Crippen LogP contribution in [0.25, 0.3) is 0 Å². The monoisotopic (exact) mass is 245 g/mol. The van der Waals surface area contributed by atoms with Crippen molar-refractivity contribution in [1.82, 2.24) is 5.32 Å². The van der Waals surface area contributed by atoms with Gasteiger partial charge in [-0.2, -0.15) is 0 Å². The number of halogens is 1. The summed E-state index contributed by atoms with van der Waals surface area (Å²) in [6, 6.07) is 2.63. The fourth-order valence-corrected chi connectivity index (χ4v) is 2.43. The van der Waals surface area contributed by atoms with Gasteiger partial charge in [-0.25, -0.2) is 0 Å². The fourth-order valence-electron chi connectivity index (χ4n) is 1.41. The standard InChI is InChI=1S/C12H20ClNS/c1-9(2)4-5-10(3)14-7-12-6-11(13)8-15-12/h6,8-10,14H,4-5,7H2,1-3H3. The topological polar surface area (TPSA) is 12.0 Å². The molecular formula is C12H20ClNS. The summed E-state index contributed by atoms with van der Waals surface area (Å²) < 4.78 is 0. The first-order valence-electron chi connectivity index (χ1n) is 5.54. The van der Waals surface area contributed by atoms with Crippen molar-refractivity contribution in [3.8, 4) is 0 Å². The first-order valence-corrected chi connectivity index (χ1v) is 6.80. The largest absolute Gasteiger partial charge is 0.309 e. The Kier molecular flexibility index (Phi) is 5.65. The van der Waals surface area contributed by atoms with Crippen molar-refractivity contribution in [2.45, 2.75) is 46.2 Å². The van der Waals surface area contributed by atoms with E-state index in [9.17, 15) is 0 Å². The van der Waals surface area contributed by atoms with Crippen LogP contribution in [0.4, 0.5) is 0 Å². The number of hydrogen-bond donors (Lipinski definition) is 1. The molecule has 1 rings (SSSR count). The molecule has 0 aromatic carbocycles. The van der Waals surface area contributed by atoms with E-state index < -0.39 is 0 Å². The Morgan fingerprint density at radius 3 is 2.60 bits per heavy atom. The third kappa shape index (κ3) is 5.55. The molecule has 0 bridgehead atoms. The third-order valence-corrected chi connectivity index (χ3v) is 3.71. The van der Waals surface area contributed by atoms with Crippen LogP contribution in [0.2, 0.25) is 5.02 Å². The van der Waals surface area contributed by atoms with Crippen LogP contribution in [-0.2, 0) is 6.54 Å². The van der Waals surface area contributed by atoms with Crippen LogP contribution in [0.3, 0.4) is 0 Å². The van der Waals surface area contributed by atoms with Gasteiger partial charge in [-0.3, -0.25) is 0 Å². The van der Waals surface area contributed by atoms with E-state index in [1.807, 2.05) is 11.4 Å². The number of hydrogen-bond acceptors (Lipinski definition) is 2. The zero-order valence-electron chi connectivity index (χ0n) is 9.72. The predicted octanol–water partition coefficient (Wildman–Crippen LogP) is 4.32. The summed E-state index contributed by atoms with van der Waals surface area (Å²) in [5.41, 5.74) is 0. The van der Waals surface area contributed by atoms with Crippen molar-refractivity contribution < 1.29 is 0 Å². The molecule has 0 fully saturated rings. The average Bonchev–Trinajstić information content (AvgIpc) is 2.58. The molecule has 1 aromatic heterocycles. The second-order valence-corrected chi connectivity index (χ2v) is 5.92. The fraction of sp³-hybridized carbons (Fsp3) is 0.667. The van der Waals surface area contributed by atoms with Gasteiger partial charge in [0, 0.05) is 22.8 Å². The molecule has 1 unspecified atom stereocenters. The highest BCUT2D eigenvalue weighted by atomic mass is 35.5. The third-order valence-electron chi connectivity index (χ3n) is 2.42. The van der Waals surface area contributed by atoms with Gasteiger partial charge in [-0.15, -0.1) is 11.3 Å². The maximum atomic E-state index is 5.86. The molecular weight excluding hydrogens is 226 g/mol. The molecule has 1 heterocycles. The van der Waals surface area contributed by atoms with Crippen LogP contribution < -0.4 is 5.32 Å². The zero-order valence-corrected chi connectivity index (χ0v) is 11.3. The number of rotatable bonds is 6. The van der Waals surface area contributed by atoms with Gasteiger partial charge in [0.15, 0.2) is 0 Å². The predicted molar refractivity (Wildman–Crippen MR) is 69.7 cm³/mol. The van der Waals surface area contributed by atoms with Crippen LogP contribution in [0.15, 0.2) is 11.4 Å². The van der Waals surface area contributed by atoms with Crippen molar-refractivity contribution in [3.63, 3.8) is 0 Å². The lowest BCUT2D eigenvalue weighted by molar-refractivity contribution is 0.452. The van der Waals surface area contributed by atoms with Crippen molar-refractivity contribution in [1.29, 1.82) is 0 Å². The minimum Gasteiger partial charge on any atom is -0.309 e. The lowest BCUT2D eigenvalue weighted by Crippen LogP contribution is -2.25. The molecule has 0 saturated heterocycles. The normalized spacial score (nSPS) is 13.4. The van der Waals surface area contributed by atoms with Crippen LogP contribution in [-0.4, -0.2) is 6.04 Å². The first-order chi connectivity index (χ1) is 7.08. The zero-order chi connectivity index (χ0) is 11.3. The molecule has 0 spiro atoms. The van der Waals surface area contributed by atoms with Crippen molar-refractivity contribution in [2.24, 2.45) is 5.92 Å². The number of thiophene rings is 1. The van der Waals surface area contributed by atoms with Gasteiger partial charge in [-0.05, 0) is 31.7 Å². The quantitative estimate of drug-likeness (QED) is 0.787. The molecule has 0 saturated carbocycles. The maximum Gasteiger partial charge on any atom is 0.0516 e. The van der Waals surface area contributed by atoms with Crippen LogP contribution in [0, 0.1) is 5.92 Å². The van der Waals surface area contributed by atoms with Crippen LogP contribution in [0.5, 0.6) is 0 Å². The van der Waals surface area contributed by atoms with Crippen molar-refractivity contribution >= 4 is 22.9 Å². The molecule has 1 aromatic rings. The summed E-state index contributed by atoms with van der Waals surface area (Å²) in [6.07, 6.45) is 2.54. The minimum absolute atomic E-state index is 0.591. The summed E-state index contributed by atoms with van der Waals surface area (Å²) in [4.78, 5) is 1.32. The van der Waals surface area contributed by atoms with Gasteiger partial charge in [-0.1, -0.05) is 25.4 Å². The van der Waals surface area contributed by atoms with E-state index in [0.29, 0.717) is 6.04 Å². The molecule has 1 nitrogen and oxygen atoms in total. The molecule has 0 aliphatic heterocycles. The van der Waals surface area contributed by atoms with E-state index >= 15 is 0 Å². The Labute approximate surface area is 102 Å². The average molecular weight is 246 g/mol. The van der Waals surface area contributed by atoms with Crippen molar-refractivity contribution in [2.75, 3.05) is 0 Å². The second kappa shape index (κ2) is 6.51. The SMILES string of the molecule is CC(C)CCC(C)NCc1cc(Cl)cs1. The van der Waals surface area contributed by atoms with Crippen molar-refractivity contribution in [3.05, 3.63) is 21.3 Å². The van der Waals surface area contributed by atoms with E-state index in [0.717, 1.165) is 17.5 Å². The van der Waals surface area contributed by atoms with Gasteiger partial charge in [0.25, 0.3) is 0 Å². The molecule has 0 aliphatic rings. The smallest absolute Gasteiger partial charge is 0.0516 e. The molecule has 0 aliphatic carbocycles. The van der Waals surface area contributed by atoms with Crippen LogP contribution in [0.1, 0.15) is 38.5 Å². The Morgan fingerprint density at radius 1 is 1.33 bits per heavy atom. The van der Waals surface area contributed by atoms with Crippen LogP contribution >= 0.6 is 22.9 Å². The van der Waals surface area contributed by atoms with Gasteiger partial charge >= 0.3 is 0 Å². The highest BCUT2D eigenvalue weighted by molar-refractivity contribution is 7.10. The minimum atomic E-state index is 0.591. The molecule has 15 heavy (non-hydrogen) atoms. The Balaban J connectivity index is 2.19. The van der Waals surface area contributed by atoms with E-state index in [-0.39, 0.29) is 0 Å². The lowest BCUT2D eigenvalue weighted by Gasteiger charge is -2.14. The van der Waals surface area contributed by atoms with E-state index in [4.69, 9.17) is 11.6 Å². The first kappa shape index (κ1) is 13.0. The molecule has 1 N–H and O–H groups in total. The van der Waals surface area contributed by atoms with Gasteiger partial charge in [0.05, 0.1) is 5.02 Å². The Hall–Kier alpha value is -0.0500. The Morgan fingerprint density at radius 2 is 2.07 bits per heavy atom. The molecule has 1 atom stereocenters. The highest BCUT2D eigenvalue weighted by Crippen LogP contribution is 2.19. The van der Waals surface area contributed by atoms with Gasteiger partial charge in [0.1, 0.15) is 0 Å². The second-order valence-electron chi connectivity index (χ2n) is 4.48. The summed E-state index contributed by atoms with van der Waals surface area (Å²) >= 11 is 7.58. The van der Waals surface area contributed by atoms with Gasteiger partial charge < -0.3 is 5.32 Å². The summed E-state index contributed by atoms with van der Waals surface area (Å²) in [7, 11) is 0. The van der Waals surface area contributed by atoms with E-state index in [2.05, 4.69) is 26.1 Å². The van der Waals surface area contributed by atoms with E-state index in [1.165, 1.54) is 17.7 Å². The van der Waals surface area contributed by atoms with Gasteiger partial charge in [0.2, 0.25) is 0 Å². The maximum absolute atomic E-state index is 5.86. The number of nitrogens with one attached hydrogen (secondary N) is 1. The summed E-state index contributed by atoms with van der Waals surface area (Å²) in [5, 5.41) is 6.36. The summed E-state index contributed by atoms with van der Waals surface area (Å²) in [5.74, 6) is 0.797. The Bertz CT molecular complexity index is 283. The molecule has 0 radical (unpaired) electrons. The molecule has 3 heteroatoms. The molecule has 86 valence electrons. The highest BCUT2D eigenvalue weighted by Gasteiger charge is 2.04. The lowest BCUT2D eigenvalue weighted by atomic mass is 10.0. The summed E-state index contributed by atoms with van der Waals surface area (Å²) in [6.45, 7) is 7.73.